The van der Waals surface area contributed by atoms with Gasteiger partial charge in [0.15, 0.2) is 0 Å². The highest BCUT2D eigenvalue weighted by molar-refractivity contribution is 5.32. The fraction of sp³-hybridized carbons (Fsp3) is 0.571. The minimum atomic E-state index is -0.0727. The number of rotatable bonds is 6. The molecule has 0 bridgehead atoms. The van der Waals surface area contributed by atoms with Gasteiger partial charge in [0.05, 0.1) is 7.11 Å². The van der Waals surface area contributed by atoms with Gasteiger partial charge in [-0.15, -0.1) is 0 Å². The summed E-state index contributed by atoms with van der Waals surface area (Å²) in [4.78, 5) is 2.20. The van der Waals surface area contributed by atoms with Gasteiger partial charge in [-0.05, 0) is 13.1 Å². The van der Waals surface area contributed by atoms with E-state index in [4.69, 9.17) is 4.74 Å². The smallest absolute Gasteiger partial charge is 0.123 e. The fourth-order valence-corrected chi connectivity index (χ4v) is 1.96. The molecule has 0 heterocycles. The monoisotopic (exact) mass is 237 g/mol. The fourth-order valence-electron chi connectivity index (χ4n) is 1.96. The Balaban J connectivity index is 2.65. The number of aliphatic hydroxyl groups excluding tert-OH is 1. The molecule has 96 valence electrons. The molecule has 1 aromatic carbocycles. The molecule has 0 saturated carbocycles. The first-order chi connectivity index (χ1) is 7.98. The van der Waals surface area contributed by atoms with Crippen molar-refractivity contribution < 1.29 is 9.84 Å². The third-order valence-electron chi connectivity index (χ3n) is 2.76. The number of hydrogen-bond donors (Lipinski definition) is 1. The van der Waals surface area contributed by atoms with Gasteiger partial charge in [-0.3, -0.25) is 0 Å². The van der Waals surface area contributed by atoms with Gasteiger partial charge in [0.25, 0.3) is 0 Å². The molecule has 1 N–H and O–H groups in total. The minimum absolute atomic E-state index is 0.0727. The second kappa shape index (κ2) is 6.03. The average Bonchev–Trinajstić information content (AvgIpc) is 2.29. The van der Waals surface area contributed by atoms with E-state index in [0.717, 1.165) is 18.8 Å². The highest BCUT2D eigenvalue weighted by atomic mass is 16.5. The Bertz CT molecular complexity index is 350. The molecule has 0 aromatic heterocycles. The summed E-state index contributed by atoms with van der Waals surface area (Å²) >= 11 is 0. The van der Waals surface area contributed by atoms with Crippen molar-refractivity contribution in [3.8, 4) is 5.75 Å². The summed E-state index contributed by atoms with van der Waals surface area (Å²) in [5.41, 5.74) is 1.10. The molecular formula is C14H23NO2. The molecule has 1 aromatic rings. The molecule has 0 fully saturated rings. The van der Waals surface area contributed by atoms with E-state index in [0.29, 0.717) is 0 Å². The number of aliphatic hydroxyl groups is 1. The summed E-state index contributed by atoms with van der Waals surface area (Å²) in [6.45, 7) is 6.00. The molecule has 0 atom stereocenters. The third kappa shape index (κ3) is 4.36. The Labute approximate surface area is 104 Å². The highest BCUT2D eigenvalue weighted by Gasteiger charge is 2.19. The molecule has 3 heteroatoms. The molecular weight excluding hydrogens is 214 g/mol. The van der Waals surface area contributed by atoms with Gasteiger partial charge in [-0.2, -0.15) is 0 Å². The van der Waals surface area contributed by atoms with Crippen molar-refractivity contribution in [2.75, 3.05) is 27.3 Å². The zero-order chi connectivity index (χ0) is 12.9. The molecule has 17 heavy (non-hydrogen) atoms. The first-order valence-electron chi connectivity index (χ1n) is 5.90. The van der Waals surface area contributed by atoms with Crippen LogP contribution in [0.25, 0.3) is 0 Å². The maximum absolute atomic E-state index is 9.26. The highest BCUT2D eigenvalue weighted by Crippen LogP contribution is 2.21. The molecule has 0 saturated heterocycles. The molecule has 0 spiro atoms. The van der Waals surface area contributed by atoms with Crippen molar-refractivity contribution in [1.29, 1.82) is 0 Å². The minimum Gasteiger partial charge on any atom is -0.496 e. The Morgan fingerprint density at radius 1 is 1.29 bits per heavy atom. The Hall–Kier alpha value is -1.06. The molecule has 3 nitrogen and oxygen atoms in total. The average molecular weight is 237 g/mol. The van der Waals surface area contributed by atoms with Crippen molar-refractivity contribution >= 4 is 0 Å². The third-order valence-corrected chi connectivity index (χ3v) is 2.76. The van der Waals surface area contributed by atoms with Gasteiger partial charge in [-0.1, -0.05) is 32.0 Å². The van der Waals surface area contributed by atoms with E-state index in [1.807, 2.05) is 18.2 Å². The van der Waals surface area contributed by atoms with Crippen molar-refractivity contribution in [2.45, 2.75) is 20.4 Å². The number of ether oxygens (including phenoxy) is 1. The first-order valence-corrected chi connectivity index (χ1v) is 5.90. The second-order valence-electron chi connectivity index (χ2n) is 5.31. The standard InChI is InChI=1S/C14H23NO2/c1-14(2,11-16)10-15(3)9-12-7-5-6-8-13(12)17-4/h5-8,16H,9-11H2,1-4H3. The van der Waals surface area contributed by atoms with Crippen LogP contribution in [0.5, 0.6) is 5.75 Å². The van der Waals surface area contributed by atoms with Crippen LogP contribution in [0.4, 0.5) is 0 Å². The molecule has 0 unspecified atom stereocenters. The van der Waals surface area contributed by atoms with Crippen LogP contribution in [0.3, 0.4) is 0 Å². The summed E-state index contributed by atoms with van der Waals surface area (Å²) in [5.74, 6) is 0.918. The van der Waals surface area contributed by atoms with Crippen LogP contribution >= 0.6 is 0 Å². The van der Waals surface area contributed by atoms with Crippen LogP contribution in [0, 0.1) is 5.41 Å². The van der Waals surface area contributed by atoms with E-state index in [2.05, 4.69) is 31.9 Å². The van der Waals surface area contributed by atoms with E-state index >= 15 is 0 Å². The van der Waals surface area contributed by atoms with Crippen molar-refractivity contribution in [3.63, 3.8) is 0 Å². The topological polar surface area (TPSA) is 32.7 Å². The van der Waals surface area contributed by atoms with Gasteiger partial charge in [0.2, 0.25) is 0 Å². The maximum atomic E-state index is 9.26. The Morgan fingerprint density at radius 2 is 1.94 bits per heavy atom. The molecule has 0 amide bonds. The number of para-hydroxylation sites is 1. The lowest BCUT2D eigenvalue weighted by molar-refractivity contribution is 0.112. The lowest BCUT2D eigenvalue weighted by Crippen LogP contribution is -2.33. The van der Waals surface area contributed by atoms with Crippen molar-refractivity contribution in [1.82, 2.24) is 4.90 Å². The zero-order valence-electron chi connectivity index (χ0n) is 11.2. The Kier molecular flexibility index (Phi) is 4.97. The van der Waals surface area contributed by atoms with E-state index in [-0.39, 0.29) is 12.0 Å². The molecule has 0 aliphatic rings. The first kappa shape index (κ1) is 14.0. The van der Waals surface area contributed by atoms with E-state index in [9.17, 15) is 5.11 Å². The van der Waals surface area contributed by atoms with Crippen molar-refractivity contribution in [2.24, 2.45) is 5.41 Å². The van der Waals surface area contributed by atoms with Gasteiger partial charge in [-0.25, -0.2) is 0 Å². The van der Waals surface area contributed by atoms with Crippen LogP contribution in [0.15, 0.2) is 24.3 Å². The largest absolute Gasteiger partial charge is 0.496 e. The SMILES string of the molecule is COc1ccccc1CN(C)CC(C)(C)CO. The number of nitrogens with zero attached hydrogens (tertiary/aromatic N) is 1. The van der Waals surface area contributed by atoms with Crippen LogP contribution in [-0.4, -0.2) is 37.3 Å². The molecule has 0 radical (unpaired) electrons. The van der Waals surface area contributed by atoms with Crippen LogP contribution in [0.2, 0.25) is 0 Å². The van der Waals surface area contributed by atoms with E-state index in [1.54, 1.807) is 7.11 Å². The molecule has 1 rings (SSSR count). The Morgan fingerprint density at radius 3 is 2.53 bits per heavy atom. The van der Waals surface area contributed by atoms with E-state index < -0.39 is 0 Å². The molecule has 0 aliphatic carbocycles. The lowest BCUT2D eigenvalue weighted by Gasteiger charge is -2.28. The van der Waals surface area contributed by atoms with Crippen LogP contribution in [-0.2, 0) is 6.54 Å². The van der Waals surface area contributed by atoms with Crippen LogP contribution < -0.4 is 4.74 Å². The number of methoxy groups -OCH3 is 1. The van der Waals surface area contributed by atoms with Gasteiger partial charge < -0.3 is 14.7 Å². The predicted molar refractivity (Wildman–Crippen MR) is 70.2 cm³/mol. The summed E-state index contributed by atoms with van der Waals surface area (Å²) in [6, 6.07) is 8.03. The van der Waals surface area contributed by atoms with Gasteiger partial charge in [0.1, 0.15) is 5.75 Å². The van der Waals surface area contributed by atoms with Crippen LogP contribution in [0.1, 0.15) is 19.4 Å². The second-order valence-corrected chi connectivity index (χ2v) is 5.31. The van der Waals surface area contributed by atoms with Crippen molar-refractivity contribution in [3.05, 3.63) is 29.8 Å². The number of hydrogen-bond acceptors (Lipinski definition) is 3. The summed E-state index contributed by atoms with van der Waals surface area (Å²) in [5, 5.41) is 9.26. The zero-order valence-corrected chi connectivity index (χ0v) is 11.2. The predicted octanol–water partition coefficient (Wildman–Crippen LogP) is 2.15. The normalized spacial score (nSPS) is 11.9. The number of benzene rings is 1. The summed E-state index contributed by atoms with van der Waals surface area (Å²) < 4.78 is 5.33. The van der Waals surface area contributed by atoms with E-state index in [1.165, 1.54) is 5.56 Å². The van der Waals surface area contributed by atoms with Gasteiger partial charge in [0, 0.05) is 30.7 Å². The lowest BCUT2D eigenvalue weighted by atomic mass is 9.94. The quantitative estimate of drug-likeness (QED) is 0.823. The maximum Gasteiger partial charge on any atom is 0.123 e. The summed E-state index contributed by atoms with van der Waals surface area (Å²) in [7, 11) is 3.75. The van der Waals surface area contributed by atoms with Gasteiger partial charge >= 0.3 is 0 Å². The summed E-state index contributed by atoms with van der Waals surface area (Å²) in [6.07, 6.45) is 0. The molecule has 0 aliphatic heterocycles.